The fourth-order valence-corrected chi connectivity index (χ4v) is 3.86. The van der Waals surface area contributed by atoms with Gasteiger partial charge in [0.1, 0.15) is 0 Å². The lowest BCUT2D eigenvalue weighted by atomic mass is 10.0. The minimum absolute atomic E-state index is 0.0595. The highest BCUT2D eigenvalue weighted by atomic mass is 35.5. The molecule has 0 spiro atoms. The Morgan fingerprint density at radius 2 is 2.00 bits per heavy atom. The summed E-state index contributed by atoms with van der Waals surface area (Å²) < 4.78 is 7.05. The molecular formula is C20H23ClN6O2. The van der Waals surface area contributed by atoms with Crippen molar-refractivity contribution in [3.05, 3.63) is 58.1 Å². The molecule has 152 valence electrons. The van der Waals surface area contributed by atoms with Crippen LogP contribution < -0.4 is 5.32 Å². The number of amides is 1. The molecule has 1 amide bonds. The van der Waals surface area contributed by atoms with E-state index in [0.29, 0.717) is 30.6 Å². The van der Waals surface area contributed by atoms with E-state index < -0.39 is 0 Å². The number of fused-ring (bicyclic) bond motifs is 1. The molecule has 1 unspecified atom stereocenters. The van der Waals surface area contributed by atoms with E-state index in [-0.39, 0.29) is 17.8 Å². The lowest BCUT2D eigenvalue weighted by Gasteiger charge is -2.35. The first-order valence-corrected chi connectivity index (χ1v) is 9.96. The van der Waals surface area contributed by atoms with Crippen molar-refractivity contribution < 1.29 is 9.53 Å². The number of aryl methyl sites for hydroxylation is 2. The summed E-state index contributed by atoms with van der Waals surface area (Å²) >= 11 is 6.45. The monoisotopic (exact) mass is 414 g/mol. The van der Waals surface area contributed by atoms with Crippen LogP contribution in [-0.4, -0.2) is 63.2 Å². The predicted octanol–water partition coefficient (Wildman–Crippen LogP) is 2.20. The zero-order valence-corrected chi connectivity index (χ0v) is 17.2. The standard InChI is InChI=1S/C20H23ClN6O2/c1-13-11-14(2)27-20(23-13)24-18(25-27)19(28)22-12-17(26-7-9-29-10-8-26)15-5-3-4-6-16(15)21/h3-6,11,17H,7-10,12H2,1-2H3,(H,22,28). The van der Waals surface area contributed by atoms with Gasteiger partial charge >= 0.3 is 0 Å². The number of ether oxygens (including phenoxy) is 1. The van der Waals surface area contributed by atoms with E-state index in [9.17, 15) is 4.79 Å². The van der Waals surface area contributed by atoms with Crippen molar-refractivity contribution in [2.45, 2.75) is 19.9 Å². The van der Waals surface area contributed by atoms with Crippen LogP contribution in [0.1, 0.15) is 33.6 Å². The molecule has 4 rings (SSSR count). The number of carbonyl (C=O) groups is 1. The molecule has 1 aromatic carbocycles. The Labute approximate surface area is 173 Å². The van der Waals surface area contributed by atoms with Crippen LogP contribution in [0.5, 0.6) is 0 Å². The maximum absolute atomic E-state index is 12.8. The van der Waals surface area contributed by atoms with Gasteiger partial charge in [-0.15, -0.1) is 5.10 Å². The smallest absolute Gasteiger partial charge is 0.291 e. The summed E-state index contributed by atoms with van der Waals surface area (Å²) in [6.45, 7) is 7.06. The van der Waals surface area contributed by atoms with Crippen LogP contribution in [0.3, 0.4) is 0 Å². The van der Waals surface area contributed by atoms with Gasteiger partial charge in [0.2, 0.25) is 5.82 Å². The van der Waals surface area contributed by atoms with Crippen LogP contribution >= 0.6 is 11.6 Å². The van der Waals surface area contributed by atoms with Gasteiger partial charge in [0.25, 0.3) is 11.7 Å². The van der Waals surface area contributed by atoms with E-state index >= 15 is 0 Å². The first kappa shape index (κ1) is 19.8. The topological polar surface area (TPSA) is 84.7 Å². The molecule has 1 fully saturated rings. The summed E-state index contributed by atoms with van der Waals surface area (Å²) in [5.74, 6) is 0.187. The maximum atomic E-state index is 12.8. The largest absolute Gasteiger partial charge is 0.379 e. The van der Waals surface area contributed by atoms with Crippen LogP contribution in [0.2, 0.25) is 5.02 Å². The number of carbonyl (C=O) groups excluding carboxylic acids is 1. The van der Waals surface area contributed by atoms with Gasteiger partial charge in [-0.25, -0.2) is 9.50 Å². The molecular weight excluding hydrogens is 392 g/mol. The number of nitrogens with one attached hydrogen (secondary N) is 1. The molecule has 1 aliphatic rings. The average Bonchev–Trinajstić information content (AvgIpc) is 3.14. The molecule has 1 atom stereocenters. The first-order chi connectivity index (χ1) is 14.0. The molecule has 3 heterocycles. The van der Waals surface area contributed by atoms with E-state index in [1.165, 1.54) is 0 Å². The van der Waals surface area contributed by atoms with Crippen LogP contribution in [-0.2, 0) is 4.74 Å². The zero-order valence-electron chi connectivity index (χ0n) is 16.4. The highest BCUT2D eigenvalue weighted by molar-refractivity contribution is 6.31. The van der Waals surface area contributed by atoms with Crippen LogP contribution in [0.15, 0.2) is 30.3 Å². The van der Waals surface area contributed by atoms with Gasteiger partial charge in [-0.2, -0.15) is 4.98 Å². The normalized spacial score (nSPS) is 16.1. The summed E-state index contributed by atoms with van der Waals surface area (Å²) in [7, 11) is 0. The third-order valence-electron chi connectivity index (χ3n) is 5.03. The number of hydrogen-bond donors (Lipinski definition) is 1. The van der Waals surface area contributed by atoms with Crippen molar-refractivity contribution in [2.24, 2.45) is 0 Å². The van der Waals surface area contributed by atoms with Gasteiger partial charge in [0.05, 0.1) is 19.3 Å². The summed E-state index contributed by atoms with van der Waals surface area (Å²) in [5, 5.41) is 7.96. The van der Waals surface area contributed by atoms with E-state index in [1.54, 1.807) is 4.52 Å². The fraction of sp³-hybridized carbons (Fsp3) is 0.400. The van der Waals surface area contributed by atoms with Crippen molar-refractivity contribution in [1.29, 1.82) is 0 Å². The number of hydrogen-bond acceptors (Lipinski definition) is 6. The van der Waals surface area contributed by atoms with Gasteiger partial charge in [0, 0.05) is 36.0 Å². The van der Waals surface area contributed by atoms with Gasteiger partial charge < -0.3 is 10.1 Å². The molecule has 3 aromatic rings. The number of rotatable bonds is 5. The molecule has 0 saturated carbocycles. The van der Waals surface area contributed by atoms with E-state index in [4.69, 9.17) is 16.3 Å². The maximum Gasteiger partial charge on any atom is 0.291 e. The highest BCUT2D eigenvalue weighted by Crippen LogP contribution is 2.27. The minimum atomic E-state index is -0.335. The molecule has 0 radical (unpaired) electrons. The first-order valence-electron chi connectivity index (χ1n) is 9.58. The molecule has 2 aromatic heterocycles. The molecule has 8 nitrogen and oxygen atoms in total. The van der Waals surface area contributed by atoms with E-state index in [1.807, 2.05) is 44.2 Å². The summed E-state index contributed by atoms with van der Waals surface area (Å²) in [5.41, 5.74) is 2.69. The quantitative estimate of drug-likeness (QED) is 0.689. The second-order valence-corrected chi connectivity index (χ2v) is 7.49. The van der Waals surface area contributed by atoms with Crippen molar-refractivity contribution >= 4 is 23.3 Å². The summed E-state index contributed by atoms with van der Waals surface area (Å²) in [6, 6.07) is 9.56. The van der Waals surface area contributed by atoms with E-state index in [2.05, 4.69) is 25.3 Å². The Morgan fingerprint density at radius 1 is 1.24 bits per heavy atom. The third kappa shape index (κ3) is 4.24. The summed E-state index contributed by atoms with van der Waals surface area (Å²) in [4.78, 5) is 23.7. The van der Waals surface area contributed by atoms with Crippen molar-refractivity contribution in [1.82, 2.24) is 29.8 Å². The Morgan fingerprint density at radius 3 is 2.76 bits per heavy atom. The lowest BCUT2D eigenvalue weighted by Crippen LogP contribution is -2.44. The number of aromatic nitrogens is 4. The second-order valence-electron chi connectivity index (χ2n) is 7.08. The summed E-state index contributed by atoms with van der Waals surface area (Å²) in [6.07, 6.45) is 0. The predicted molar refractivity (Wildman–Crippen MR) is 109 cm³/mol. The average molecular weight is 415 g/mol. The van der Waals surface area contributed by atoms with Crippen molar-refractivity contribution in [2.75, 3.05) is 32.8 Å². The second kappa shape index (κ2) is 8.44. The molecule has 1 N–H and O–H groups in total. The Balaban J connectivity index is 1.54. The van der Waals surface area contributed by atoms with Gasteiger partial charge in [-0.1, -0.05) is 29.8 Å². The van der Waals surface area contributed by atoms with Crippen molar-refractivity contribution in [3.63, 3.8) is 0 Å². The van der Waals surface area contributed by atoms with E-state index in [0.717, 1.165) is 30.0 Å². The van der Waals surface area contributed by atoms with Gasteiger partial charge in [-0.3, -0.25) is 9.69 Å². The highest BCUT2D eigenvalue weighted by Gasteiger charge is 2.25. The van der Waals surface area contributed by atoms with Crippen LogP contribution in [0.25, 0.3) is 5.78 Å². The molecule has 29 heavy (non-hydrogen) atoms. The number of morpholine rings is 1. The number of halogens is 1. The Kier molecular flexibility index (Phi) is 5.75. The fourth-order valence-electron chi connectivity index (χ4n) is 3.60. The third-order valence-corrected chi connectivity index (χ3v) is 5.37. The Hall–Kier alpha value is -2.55. The molecule has 1 aliphatic heterocycles. The SMILES string of the molecule is Cc1cc(C)n2nc(C(=O)NCC(c3ccccc3Cl)N3CCOCC3)nc2n1. The zero-order chi connectivity index (χ0) is 20.4. The van der Waals surface area contributed by atoms with Crippen molar-refractivity contribution in [3.8, 4) is 0 Å². The van der Waals surface area contributed by atoms with Crippen LogP contribution in [0.4, 0.5) is 0 Å². The molecule has 1 saturated heterocycles. The number of benzene rings is 1. The van der Waals surface area contributed by atoms with Gasteiger partial charge in [0.15, 0.2) is 0 Å². The Bertz CT molecular complexity index is 1030. The minimum Gasteiger partial charge on any atom is -0.379 e. The number of nitrogens with zero attached hydrogens (tertiary/aromatic N) is 5. The van der Waals surface area contributed by atoms with Gasteiger partial charge in [-0.05, 0) is 31.5 Å². The molecule has 9 heteroatoms. The molecule has 0 aliphatic carbocycles. The molecule has 0 bridgehead atoms. The van der Waals surface area contributed by atoms with Crippen LogP contribution in [0, 0.1) is 13.8 Å². The lowest BCUT2D eigenvalue weighted by molar-refractivity contribution is 0.0162.